The number of imidazole rings is 1. The van der Waals surface area contributed by atoms with E-state index in [1.165, 1.54) is 0 Å². The number of benzene rings is 1. The molecule has 0 radical (unpaired) electrons. The molecule has 0 amide bonds. The van der Waals surface area contributed by atoms with Gasteiger partial charge in [0.25, 0.3) is 0 Å². The monoisotopic (exact) mass is 267 g/mol. The van der Waals surface area contributed by atoms with Gasteiger partial charge in [0.05, 0.1) is 11.4 Å². The standard InChI is InChI=1S/C15H13N3O2/c1-9-2-4-11(16)15-17-12(7-18(9)15)10-3-5-13-14(6-10)20-8-19-13/h2-7H,8,16H2,1H3. The Morgan fingerprint density at radius 3 is 2.85 bits per heavy atom. The third kappa shape index (κ3) is 1.53. The number of nitrogens with two attached hydrogens (primary N) is 1. The maximum absolute atomic E-state index is 5.98. The number of ether oxygens (including phenoxy) is 2. The number of fused-ring (bicyclic) bond motifs is 2. The first kappa shape index (κ1) is 11.2. The fourth-order valence-corrected chi connectivity index (χ4v) is 2.41. The second-order valence-electron chi connectivity index (χ2n) is 4.82. The Morgan fingerprint density at radius 2 is 2.00 bits per heavy atom. The van der Waals surface area contributed by atoms with E-state index in [1.54, 1.807) is 0 Å². The van der Waals surface area contributed by atoms with Gasteiger partial charge in [0.2, 0.25) is 6.79 Å². The minimum Gasteiger partial charge on any atom is -0.454 e. The SMILES string of the molecule is Cc1ccc(N)c2nc(-c3ccc4c(c3)OCO4)cn12. The second kappa shape index (κ2) is 3.90. The number of anilines is 1. The lowest BCUT2D eigenvalue weighted by atomic mass is 10.1. The van der Waals surface area contributed by atoms with Gasteiger partial charge >= 0.3 is 0 Å². The van der Waals surface area contributed by atoms with Crippen LogP contribution in [-0.4, -0.2) is 16.2 Å². The Labute approximate surface area is 115 Å². The molecular weight excluding hydrogens is 254 g/mol. The summed E-state index contributed by atoms with van der Waals surface area (Å²) >= 11 is 0. The van der Waals surface area contributed by atoms with Crippen molar-refractivity contribution in [1.29, 1.82) is 0 Å². The van der Waals surface area contributed by atoms with Crippen molar-refractivity contribution >= 4 is 11.3 Å². The van der Waals surface area contributed by atoms with Crippen LogP contribution in [0.15, 0.2) is 36.5 Å². The molecule has 2 aromatic heterocycles. The maximum atomic E-state index is 5.98. The zero-order valence-corrected chi connectivity index (χ0v) is 11.0. The summed E-state index contributed by atoms with van der Waals surface area (Å²) in [5.41, 5.74) is 10.4. The van der Waals surface area contributed by atoms with Crippen LogP contribution < -0.4 is 15.2 Å². The Morgan fingerprint density at radius 1 is 1.15 bits per heavy atom. The number of hydrogen-bond donors (Lipinski definition) is 1. The van der Waals surface area contributed by atoms with Gasteiger partial charge in [-0.2, -0.15) is 0 Å². The molecule has 0 spiro atoms. The van der Waals surface area contributed by atoms with Crippen molar-refractivity contribution in [2.24, 2.45) is 0 Å². The molecule has 0 fully saturated rings. The summed E-state index contributed by atoms with van der Waals surface area (Å²) < 4.78 is 12.7. The van der Waals surface area contributed by atoms with Gasteiger partial charge in [-0.15, -0.1) is 0 Å². The van der Waals surface area contributed by atoms with Gasteiger partial charge in [0.1, 0.15) is 0 Å². The molecule has 5 heteroatoms. The molecule has 0 saturated carbocycles. The largest absolute Gasteiger partial charge is 0.454 e. The van der Waals surface area contributed by atoms with Gasteiger partial charge in [0, 0.05) is 17.5 Å². The fraction of sp³-hybridized carbons (Fsp3) is 0.133. The third-order valence-corrected chi connectivity index (χ3v) is 3.52. The van der Waals surface area contributed by atoms with Crippen molar-refractivity contribution in [2.45, 2.75) is 6.92 Å². The highest BCUT2D eigenvalue weighted by molar-refractivity contribution is 5.72. The first-order valence-corrected chi connectivity index (χ1v) is 6.36. The van der Waals surface area contributed by atoms with E-state index < -0.39 is 0 Å². The van der Waals surface area contributed by atoms with Crippen molar-refractivity contribution in [2.75, 3.05) is 12.5 Å². The molecule has 1 aromatic carbocycles. The molecule has 1 aliphatic rings. The Hall–Kier alpha value is -2.69. The van der Waals surface area contributed by atoms with Crippen molar-refractivity contribution in [3.05, 3.63) is 42.2 Å². The number of hydrogen-bond acceptors (Lipinski definition) is 4. The normalized spacial score (nSPS) is 13.1. The minimum atomic E-state index is 0.274. The summed E-state index contributed by atoms with van der Waals surface area (Å²) in [7, 11) is 0. The molecule has 3 aromatic rings. The molecule has 0 bridgehead atoms. The third-order valence-electron chi connectivity index (χ3n) is 3.52. The van der Waals surface area contributed by atoms with Crippen molar-refractivity contribution < 1.29 is 9.47 Å². The predicted molar refractivity (Wildman–Crippen MR) is 75.9 cm³/mol. The number of pyridine rings is 1. The lowest BCUT2D eigenvalue weighted by molar-refractivity contribution is 0.174. The van der Waals surface area contributed by atoms with Crippen LogP contribution in [0, 0.1) is 6.92 Å². The van der Waals surface area contributed by atoms with Crippen LogP contribution in [0.25, 0.3) is 16.9 Å². The molecule has 4 rings (SSSR count). The average molecular weight is 267 g/mol. The van der Waals surface area contributed by atoms with Crippen molar-refractivity contribution in [1.82, 2.24) is 9.38 Å². The number of aromatic nitrogens is 2. The highest BCUT2D eigenvalue weighted by Gasteiger charge is 2.15. The van der Waals surface area contributed by atoms with Gasteiger partial charge in [-0.05, 0) is 37.3 Å². The summed E-state index contributed by atoms with van der Waals surface area (Å²) in [4.78, 5) is 4.61. The smallest absolute Gasteiger partial charge is 0.231 e. The molecule has 100 valence electrons. The highest BCUT2D eigenvalue weighted by atomic mass is 16.7. The number of aryl methyl sites for hydroxylation is 1. The van der Waals surface area contributed by atoms with Crippen LogP contribution in [0.2, 0.25) is 0 Å². The van der Waals surface area contributed by atoms with Gasteiger partial charge in [0.15, 0.2) is 17.1 Å². The number of rotatable bonds is 1. The molecule has 20 heavy (non-hydrogen) atoms. The van der Waals surface area contributed by atoms with Crippen LogP contribution in [0.5, 0.6) is 11.5 Å². The number of nitrogen functional groups attached to an aromatic ring is 1. The molecule has 0 aliphatic carbocycles. The minimum absolute atomic E-state index is 0.274. The Bertz CT molecular complexity index is 784. The summed E-state index contributed by atoms with van der Waals surface area (Å²) in [6.45, 7) is 2.30. The van der Waals surface area contributed by atoms with Crippen LogP contribution in [0.3, 0.4) is 0 Å². The van der Waals surface area contributed by atoms with Crippen molar-refractivity contribution in [3.63, 3.8) is 0 Å². The molecule has 1 aliphatic heterocycles. The van der Waals surface area contributed by atoms with E-state index >= 15 is 0 Å². The van der Waals surface area contributed by atoms with Gasteiger partial charge in [-0.25, -0.2) is 4.98 Å². The lowest BCUT2D eigenvalue weighted by Crippen LogP contribution is -1.94. The van der Waals surface area contributed by atoms with Gasteiger partial charge < -0.3 is 19.6 Å². The summed E-state index contributed by atoms with van der Waals surface area (Å²) in [6, 6.07) is 9.67. The zero-order valence-electron chi connectivity index (χ0n) is 11.0. The zero-order chi connectivity index (χ0) is 13.7. The highest BCUT2D eigenvalue weighted by Crippen LogP contribution is 2.35. The topological polar surface area (TPSA) is 61.8 Å². The summed E-state index contributed by atoms with van der Waals surface area (Å²) in [6.07, 6.45) is 1.98. The van der Waals surface area contributed by atoms with E-state index in [2.05, 4.69) is 4.98 Å². The molecule has 0 unspecified atom stereocenters. The summed E-state index contributed by atoms with van der Waals surface area (Å²) in [5.74, 6) is 1.53. The van der Waals surface area contributed by atoms with Crippen LogP contribution in [0.1, 0.15) is 5.69 Å². The predicted octanol–water partition coefficient (Wildman–Crippen LogP) is 2.62. The lowest BCUT2D eigenvalue weighted by Gasteiger charge is -2.00. The van der Waals surface area contributed by atoms with Crippen LogP contribution in [-0.2, 0) is 0 Å². The Balaban J connectivity index is 1.90. The second-order valence-corrected chi connectivity index (χ2v) is 4.82. The molecular formula is C15H13N3O2. The first-order chi connectivity index (χ1) is 9.72. The van der Waals surface area contributed by atoms with E-state index in [0.717, 1.165) is 34.1 Å². The summed E-state index contributed by atoms with van der Waals surface area (Å²) in [5, 5.41) is 0. The quantitative estimate of drug-likeness (QED) is 0.736. The van der Waals surface area contributed by atoms with E-state index in [0.29, 0.717) is 5.69 Å². The fourth-order valence-electron chi connectivity index (χ4n) is 2.41. The average Bonchev–Trinajstić information content (AvgIpc) is 3.08. The van der Waals surface area contributed by atoms with E-state index in [-0.39, 0.29) is 6.79 Å². The first-order valence-electron chi connectivity index (χ1n) is 6.36. The molecule has 0 saturated heterocycles. The molecule has 5 nitrogen and oxygen atoms in total. The number of nitrogens with zero attached hydrogens (tertiary/aromatic N) is 2. The van der Waals surface area contributed by atoms with Gasteiger partial charge in [-0.3, -0.25) is 0 Å². The van der Waals surface area contributed by atoms with Crippen LogP contribution >= 0.6 is 0 Å². The maximum Gasteiger partial charge on any atom is 0.231 e. The Kier molecular flexibility index (Phi) is 2.18. The van der Waals surface area contributed by atoms with E-state index in [9.17, 15) is 0 Å². The molecule has 0 atom stereocenters. The van der Waals surface area contributed by atoms with E-state index in [4.69, 9.17) is 15.2 Å². The molecule has 2 N–H and O–H groups in total. The van der Waals surface area contributed by atoms with Crippen molar-refractivity contribution in [3.8, 4) is 22.8 Å². The van der Waals surface area contributed by atoms with Crippen LogP contribution in [0.4, 0.5) is 5.69 Å². The van der Waals surface area contributed by atoms with E-state index in [1.807, 2.05) is 47.9 Å². The molecule has 3 heterocycles. The van der Waals surface area contributed by atoms with Gasteiger partial charge in [-0.1, -0.05) is 0 Å².